The zero-order valence-corrected chi connectivity index (χ0v) is 12.6. The Kier molecular flexibility index (Phi) is 4.56. The Labute approximate surface area is 127 Å². The van der Waals surface area contributed by atoms with E-state index >= 15 is 0 Å². The number of benzene rings is 1. The highest BCUT2D eigenvalue weighted by Gasteiger charge is 2.58. The third kappa shape index (κ3) is 2.37. The minimum atomic E-state index is -1.63. The van der Waals surface area contributed by atoms with Gasteiger partial charge in [0.2, 0.25) is 0 Å². The molecule has 1 fully saturated rings. The molecule has 1 aromatic carbocycles. The Hall–Kier alpha value is -2.28. The summed E-state index contributed by atoms with van der Waals surface area (Å²) < 4.78 is 20.2. The van der Waals surface area contributed by atoms with Gasteiger partial charge in [-0.2, -0.15) is 0 Å². The summed E-state index contributed by atoms with van der Waals surface area (Å²) in [6.45, 7) is 1.47. The largest absolute Gasteiger partial charge is 0.493 e. The van der Waals surface area contributed by atoms with Crippen molar-refractivity contribution in [1.29, 1.82) is 0 Å². The number of aliphatic hydroxyl groups is 1. The topological polar surface area (TPSA) is 91.3 Å². The normalized spacial score (nSPS) is 23.8. The second-order valence-electron chi connectivity index (χ2n) is 4.77. The molecule has 0 bridgehead atoms. The maximum Gasteiger partial charge on any atom is 0.336 e. The van der Waals surface area contributed by atoms with Crippen LogP contribution in [0.5, 0.6) is 11.5 Å². The van der Waals surface area contributed by atoms with Gasteiger partial charge < -0.3 is 24.1 Å². The molecule has 0 unspecified atom stereocenters. The first-order valence-corrected chi connectivity index (χ1v) is 6.75. The van der Waals surface area contributed by atoms with Gasteiger partial charge in [-0.25, -0.2) is 4.79 Å². The van der Waals surface area contributed by atoms with Gasteiger partial charge in [0.25, 0.3) is 0 Å². The number of carbonyl (C=O) groups excluding carboxylic acids is 2. The number of hydrogen-bond acceptors (Lipinski definition) is 7. The lowest BCUT2D eigenvalue weighted by Crippen LogP contribution is -2.48. The Morgan fingerprint density at radius 3 is 2.55 bits per heavy atom. The summed E-state index contributed by atoms with van der Waals surface area (Å²) in [5.41, 5.74) is -1.24. The van der Waals surface area contributed by atoms with Crippen molar-refractivity contribution in [1.82, 2.24) is 0 Å². The lowest BCUT2D eigenvalue weighted by atomic mass is 9.77. The van der Waals surface area contributed by atoms with E-state index in [1.807, 2.05) is 0 Å². The smallest absolute Gasteiger partial charge is 0.336 e. The number of carbonyl (C=O) groups is 2. The lowest BCUT2D eigenvalue weighted by molar-refractivity contribution is -0.155. The Morgan fingerprint density at radius 1 is 1.36 bits per heavy atom. The molecule has 7 nitrogen and oxygen atoms in total. The second-order valence-corrected chi connectivity index (χ2v) is 4.77. The quantitative estimate of drug-likeness (QED) is 0.788. The Balaban J connectivity index is 2.55. The first-order chi connectivity index (χ1) is 10.5. The summed E-state index contributed by atoms with van der Waals surface area (Å²) in [6, 6.07) is 4.69. The van der Waals surface area contributed by atoms with Gasteiger partial charge in [0.1, 0.15) is 6.61 Å². The molecule has 2 atom stereocenters. The van der Waals surface area contributed by atoms with Crippen LogP contribution in [0.25, 0.3) is 0 Å². The van der Waals surface area contributed by atoms with Crippen molar-refractivity contribution in [2.45, 2.75) is 18.4 Å². The van der Waals surface area contributed by atoms with Gasteiger partial charge in [-0.1, -0.05) is 6.07 Å². The minimum Gasteiger partial charge on any atom is -0.493 e. The number of ether oxygens (including phenoxy) is 4. The number of hydrogen-bond donors (Lipinski definition) is 1. The van der Waals surface area contributed by atoms with E-state index in [2.05, 4.69) is 0 Å². The molecule has 0 spiro atoms. The summed E-state index contributed by atoms with van der Waals surface area (Å²) in [5.74, 6) is -0.747. The third-order valence-electron chi connectivity index (χ3n) is 3.67. The van der Waals surface area contributed by atoms with E-state index in [9.17, 15) is 14.7 Å². The van der Waals surface area contributed by atoms with Crippen LogP contribution in [0.3, 0.4) is 0 Å². The average molecular weight is 310 g/mol. The van der Waals surface area contributed by atoms with Gasteiger partial charge in [0.05, 0.1) is 20.8 Å². The van der Waals surface area contributed by atoms with Crippen molar-refractivity contribution in [3.63, 3.8) is 0 Å². The molecule has 1 saturated heterocycles. The Bertz CT molecular complexity index is 583. The van der Waals surface area contributed by atoms with Crippen molar-refractivity contribution < 1.29 is 33.6 Å². The lowest BCUT2D eigenvalue weighted by Gasteiger charge is -2.27. The number of esters is 2. The van der Waals surface area contributed by atoms with Crippen LogP contribution in [0, 0.1) is 0 Å². The fourth-order valence-corrected chi connectivity index (χ4v) is 2.45. The monoisotopic (exact) mass is 310 g/mol. The van der Waals surface area contributed by atoms with Gasteiger partial charge >= 0.3 is 11.9 Å². The van der Waals surface area contributed by atoms with Crippen LogP contribution >= 0.6 is 0 Å². The average Bonchev–Trinajstić information content (AvgIpc) is 2.84. The van der Waals surface area contributed by atoms with Gasteiger partial charge in [0.15, 0.2) is 23.0 Å². The fraction of sp³-hybridized carbons (Fsp3) is 0.467. The molecular formula is C15H18O7. The van der Waals surface area contributed by atoms with Crippen LogP contribution in [0.2, 0.25) is 0 Å². The van der Waals surface area contributed by atoms with Crippen LogP contribution in [-0.4, -0.2) is 50.6 Å². The van der Waals surface area contributed by atoms with E-state index in [0.717, 1.165) is 0 Å². The van der Waals surface area contributed by atoms with Crippen LogP contribution in [-0.2, 0) is 24.5 Å². The zero-order chi connectivity index (χ0) is 16.3. The van der Waals surface area contributed by atoms with E-state index in [0.29, 0.717) is 17.1 Å². The molecule has 1 heterocycles. The first-order valence-electron chi connectivity index (χ1n) is 6.75. The summed E-state index contributed by atoms with van der Waals surface area (Å²) in [4.78, 5) is 24.0. The molecule has 1 aliphatic rings. The summed E-state index contributed by atoms with van der Waals surface area (Å²) in [7, 11) is 2.93. The first kappa shape index (κ1) is 16.1. The van der Waals surface area contributed by atoms with Crippen molar-refractivity contribution in [2.24, 2.45) is 0 Å². The maximum absolute atomic E-state index is 12.4. The van der Waals surface area contributed by atoms with E-state index in [1.54, 1.807) is 19.1 Å². The molecule has 22 heavy (non-hydrogen) atoms. The molecule has 1 aromatic rings. The predicted octanol–water partition coefficient (Wildman–Crippen LogP) is 0.422. The zero-order valence-electron chi connectivity index (χ0n) is 12.6. The molecule has 0 aromatic heterocycles. The number of methoxy groups -OCH3 is 2. The highest BCUT2D eigenvalue weighted by atomic mass is 16.6. The highest BCUT2D eigenvalue weighted by molar-refractivity contribution is 5.95. The van der Waals surface area contributed by atoms with E-state index < -0.39 is 23.5 Å². The summed E-state index contributed by atoms with van der Waals surface area (Å²) in [6.07, 6.45) is -1.63. The summed E-state index contributed by atoms with van der Waals surface area (Å²) >= 11 is 0. The second kappa shape index (κ2) is 6.23. The molecule has 0 saturated carbocycles. The fourth-order valence-electron chi connectivity index (χ4n) is 2.45. The van der Waals surface area contributed by atoms with Gasteiger partial charge in [-0.3, -0.25) is 4.79 Å². The van der Waals surface area contributed by atoms with Crippen LogP contribution in [0.15, 0.2) is 18.2 Å². The van der Waals surface area contributed by atoms with Gasteiger partial charge in [-0.05, 0) is 24.6 Å². The van der Waals surface area contributed by atoms with E-state index in [-0.39, 0.29) is 13.2 Å². The van der Waals surface area contributed by atoms with Gasteiger partial charge in [-0.15, -0.1) is 0 Å². The van der Waals surface area contributed by atoms with Crippen LogP contribution < -0.4 is 9.47 Å². The van der Waals surface area contributed by atoms with Crippen molar-refractivity contribution in [3.05, 3.63) is 23.8 Å². The molecule has 1 aliphatic heterocycles. The highest BCUT2D eigenvalue weighted by Crippen LogP contribution is 2.39. The molecule has 2 rings (SSSR count). The Morgan fingerprint density at radius 2 is 2.05 bits per heavy atom. The predicted molar refractivity (Wildman–Crippen MR) is 74.8 cm³/mol. The third-order valence-corrected chi connectivity index (χ3v) is 3.67. The van der Waals surface area contributed by atoms with Crippen molar-refractivity contribution >= 4 is 11.9 Å². The molecule has 7 heteroatoms. The molecule has 0 aliphatic carbocycles. The minimum absolute atomic E-state index is 0.120. The molecule has 0 amide bonds. The maximum atomic E-state index is 12.4. The summed E-state index contributed by atoms with van der Waals surface area (Å²) in [5, 5.41) is 10.2. The SMILES string of the molecule is CCOC(=O)[C@@]1(c2ccc(OC)c(OC)c2)COC(=O)[C@@H]1O. The van der Waals surface area contributed by atoms with Crippen molar-refractivity contribution in [3.8, 4) is 11.5 Å². The standard InChI is InChI=1S/C15H18O7/c1-4-21-14(18)15(8-22-13(17)12(15)16)9-5-6-10(19-2)11(7-9)20-3/h5-7,12,16H,4,8H2,1-3H3/t12-,15+/m0/s1. The molecular weight excluding hydrogens is 292 g/mol. The number of cyclic esters (lactones) is 1. The van der Waals surface area contributed by atoms with E-state index in [4.69, 9.17) is 18.9 Å². The van der Waals surface area contributed by atoms with Gasteiger partial charge in [0, 0.05) is 0 Å². The molecule has 0 radical (unpaired) electrons. The number of aliphatic hydroxyl groups excluding tert-OH is 1. The molecule has 1 N–H and O–H groups in total. The van der Waals surface area contributed by atoms with Crippen molar-refractivity contribution in [2.75, 3.05) is 27.4 Å². The molecule has 120 valence electrons. The number of rotatable bonds is 5. The van der Waals surface area contributed by atoms with Crippen LogP contribution in [0.4, 0.5) is 0 Å². The van der Waals surface area contributed by atoms with E-state index in [1.165, 1.54) is 20.3 Å². The van der Waals surface area contributed by atoms with Crippen LogP contribution in [0.1, 0.15) is 12.5 Å².